The molecule has 0 unspecified atom stereocenters. The fourth-order valence-corrected chi connectivity index (χ4v) is 2.24. The van der Waals surface area contributed by atoms with Crippen LogP contribution in [0.2, 0.25) is 0 Å². The average Bonchev–Trinajstić information content (AvgIpc) is 2.86. The number of hydrogen-bond donors (Lipinski definition) is 2. The van der Waals surface area contributed by atoms with Gasteiger partial charge in [0, 0.05) is 30.2 Å². The summed E-state index contributed by atoms with van der Waals surface area (Å²) in [5.74, 6) is -0.634. The molecular formula is C13H15FN4O2S. The van der Waals surface area contributed by atoms with E-state index in [0.29, 0.717) is 12.2 Å². The van der Waals surface area contributed by atoms with Crippen LogP contribution in [-0.2, 0) is 16.6 Å². The minimum absolute atomic E-state index is 0.0933. The van der Waals surface area contributed by atoms with Crippen LogP contribution >= 0.6 is 0 Å². The van der Waals surface area contributed by atoms with Gasteiger partial charge in [-0.25, -0.2) is 17.5 Å². The smallest absolute Gasteiger partial charge is 0.229 e. The number of nitrogens with zero attached hydrogens (tertiary/aromatic N) is 2. The number of aromatic nitrogens is 2. The summed E-state index contributed by atoms with van der Waals surface area (Å²) >= 11 is 0. The van der Waals surface area contributed by atoms with E-state index in [1.54, 1.807) is 23.3 Å². The summed E-state index contributed by atoms with van der Waals surface area (Å²) < 4.78 is 39.6. The molecule has 0 spiro atoms. The molecule has 21 heavy (non-hydrogen) atoms. The molecule has 2 N–H and O–H groups in total. The van der Waals surface area contributed by atoms with Crippen molar-refractivity contribution in [1.82, 2.24) is 9.78 Å². The Morgan fingerprint density at radius 3 is 2.86 bits per heavy atom. The lowest BCUT2D eigenvalue weighted by Gasteiger charge is -2.09. The molecule has 0 aliphatic rings. The average molecular weight is 310 g/mol. The van der Waals surface area contributed by atoms with Crippen LogP contribution in [0.4, 0.5) is 15.8 Å². The third kappa shape index (κ3) is 4.32. The first-order valence-electron chi connectivity index (χ1n) is 6.04. The van der Waals surface area contributed by atoms with Crippen molar-refractivity contribution in [3.05, 3.63) is 48.6 Å². The van der Waals surface area contributed by atoms with E-state index in [1.807, 2.05) is 0 Å². The first-order valence-corrected chi connectivity index (χ1v) is 7.93. The molecule has 0 fully saturated rings. The van der Waals surface area contributed by atoms with E-state index in [2.05, 4.69) is 21.7 Å². The van der Waals surface area contributed by atoms with Crippen molar-refractivity contribution in [2.24, 2.45) is 0 Å². The van der Waals surface area contributed by atoms with Gasteiger partial charge in [0.1, 0.15) is 5.82 Å². The second kappa shape index (κ2) is 5.96. The zero-order chi connectivity index (χ0) is 15.5. The van der Waals surface area contributed by atoms with E-state index in [1.165, 1.54) is 18.2 Å². The summed E-state index contributed by atoms with van der Waals surface area (Å²) in [6.07, 6.45) is 6.00. The molecule has 0 atom stereocenters. The summed E-state index contributed by atoms with van der Waals surface area (Å²) in [4.78, 5) is 0. The molecule has 8 heteroatoms. The van der Waals surface area contributed by atoms with Crippen molar-refractivity contribution in [3.8, 4) is 0 Å². The van der Waals surface area contributed by atoms with Gasteiger partial charge < -0.3 is 5.32 Å². The van der Waals surface area contributed by atoms with Gasteiger partial charge in [-0.2, -0.15) is 5.10 Å². The Labute approximate surface area is 122 Å². The predicted molar refractivity (Wildman–Crippen MR) is 80.8 cm³/mol. The van der Waals surface area contributed by atoms with E-state index >= 15 is 0 Å². The molecule has 0 amide bonds. The highest BCUT2D eigenvalue weighted by atomic mass is 32.2. The van der Waals surface area contributed by atoms with E-state index in [9.17, 15) is 12.8 Å². The Balaban J connectivity index is 2.10. The fraction of sp³-hybridized carbons (Fsp3) is 0.154. The fourth-order valence-electron chi connectivity index (χ4n) is 1.69. The Morgan fingerprint density at radius 1 is 1.48 bits per heavy atom. The van der Waals surface area contributed by atoms with Crippen molar-refractivity contribution >= 4 is 27.6 Å². The molecule has 0 radical (unpaired) electrons. The molecule has 1 heterocycles. The number of nitrogens with one attached hydrogen (secondary N) is 2. The molecule has 2 rings (SSSR count). The third-order valence-electron chi connectivity index (χ3n) is 2.60. The molecule has 1 aromatic heterocycles. The van der Waals surface area contributed by atoms with Crippen LogP contribution in [0, 0.1) is 5.82 Å². The monoisotopic (exact) mass is 310 g/mol. The van der Waals surface area contributed by atoms with Gasteiger partial charge in [-0.3, -0.25) is 4.72 Å². The van der Waals surface area contributed by atoms with E-state index in [0.717, 1.165) is 11.8 Å². The van der Waals surface area contributed by atoms with Crippen LogP contribution in [0.1, 0.15) is 5.56 Å². The van der Waals surface area contributed by atoms with Gasteiger partial charge >= 0.3 is 0 Å². The van der Waals surface area contributed by atoms with Gasteiger partial charge in [0.25, 0.3) is 0 Å². The van der Waals surface area contributed by atoms with Gasteiger partial charge in [0.05, 0.1) is 18.1 Å². The lowest BCUT2D eigenvalue weighted by Crippen LogP contribution is -2.11. The number of benzene rings is 1. The Kier molecular flexibility index (Phi) is 4.27. The van der Waals surface area contributed by atoms with Gasteiger partial charge in [0.2, 0.25) is 10.0 Å². The van der Waals surface area contributed by atoms with Gasteiger partial charge in [-0.15, -0.1) is 0 Å². The summed E-state index contributed by atoms with van der Waals surface area (Å²) in [6, 6.07) is 4.12. The van der Waals surface area contributed by atoms with E-state index in [-0.39, 0.29) is 5.69 Å². The lowest BCUT2D eigenvalue weighted by atomic mass is 10.2. The van der Waals surface area contributed by atoms with Gasteiger partial charge in [-0.1, -0.05) is 6.58 Å². The molecule has 112 valence electrons. The summed E-state index contributed by atoms with van der Waals surface area (Å²) in [7, 11) is -3.53. The molecule has 0 aliphatic carbocycles. The highest BCUT2D eigenvalue weighted by molar-refractivity contribution is 7.92. The molecule has 2 aromatic rings. The van der Waals surface area contributed by atoms with Crippen molar-refractivity contribution in [2.45, 2.75) is 6.54 Å². The van der Waals surface area contributed by atoms with Crippen molar-refractivity contribution in [3.63, 3.8) is 0 Å². The number of anilines is 2. The minimum atomic E-state index is -3.53. The maximum Gasteiger partial charge on any atom is 0.229 e. The Bertz CT molecular complexity index is 755. The number of sulfonamides is 1. The summed E-state index contributed by atoms with van der Waals surface area (Å²) in [5, 5.41) is 7.10. The summed E-state index contributed by atoms with van der Waals surface area (Å²) in [5.41, 5.74) is 1.41. The van der Waals surface area contributed by atoms with E-state index < -0.39 is 15.8 Å². The quantitative estimate of drug-likeness (QED) is 0.857. The first kappa shape index (κ1) is 15.0. The predicted octanol–water partition coefficient (Wildman–Crippen LogP) is 2.11. The molecule has 0 saturated heterocycles. The zero-order valence-electron chi connectivity index (χ0n) is 11.4. The normalized spacial score (nSPS) is 11.1. The Morgan fingerprint density at radius 2 is 2.24 bits per heavy atom. The number of halogens is 1. The van der Waals surface area contributed by atoms with Crippen molar-refractivity contribution < 1.29 is 12.8 Å². The molecule has 0 saturated carbocycles. The Hall–Kier alpha value is -2.35. The lowest BCUT2D eigenvalue weighted by molar-refractivity contribution is 0.604. The largest absolute Gasteiger partial charge is 0.381 e. The molecule has 0 aliphatic heterocycles. The minimum Gasteiger partial charge on any atom is -0.381 e. The third-order valence-corrected chi connectivity index (χ3v) is 3.19. The molecular weight excluding hydrogens is 295 g/mol. The molecule has 1 aromatic carbocycles. The van der Waals surface area contributed by atoms with Crippen LogP contribution in [0.5, 0.6) is 0 Å². The molecule has 6 nitrogen and oxygen atoms in total. The van der Waals surface area contributed by atoms with Crippen LogP contribution < -0.4 is 10.0 Å². The van der Waals surface area contributed by atoms with Gasteiger partial charge in [-0.05, 0) is 18.2 Å². The second-order valence-corrected chi connectivity index (χ2v) is 6.18. The van der Waals surface area contributed by atoms with Crippen LogP contribution in [-0.4, -0.2) is 24.5 Å². The highest BCUT2D eigenvalue weighted by Gasteiger charge is 2.08. The van der Waals surface area contributed by atoms with Crippen LogP contribution in [0.15, 0.2) is 37.2 Å². The number of hydrogen-bond acceptors (Lipinski definition) is 4. The highest BCUT2D eigenvalue weighted by Crippen LogP contribution is 2.21. The standard InChI is InChI=1S/C13H15FN4O2S/c1-3-18-9-10(8-16-18)7-15-11-4-5-12(14)13(6-11)17-21(2,19)20/h3-6,8-9,15,17H,1,7H2,2H3. The zero-order valence-corrected chi connectivity index (χ0v) is 12.2. The van der Waals surface area contributed by atoms with E-state index in [4.69, 9.17) is 0 Å². The second-order valence-electron chi connectivity index (χ2n) is 4.43. The SMILES string of the molecule is C=Cn1cc(CNc2ccc(F)c(NS(C)(=O)=O)c2)cn1. The maximum absolute atomic E-state index is 13.5. The first-order chi connectivity index (χ1) is 9.87. The maximum atomic E-state index is 13.5. The topological polar surface area (TPSA) is 76.0 Å². The van der Waals surface area contributed by atoms with Crippen molar-refractivity contribution in [1.29, 1.82) is 0 Å². The van der Waals surface area contributed by atoms with Crippen molar-refractivity contribution in [2.75, 3.05) is 16.3 Å². The van der Waals surface area contributed by atoms with Gasteiger partial charge in [0.15, 0.2) is 0 Å². The van der Waals surface area contributed by atoms with Crippen LogP contribution in [0.25, 0.3) is 6.20 Å². The summed E-state index contributed by atoms with van der Waals surface area (Å²) in [6.45, 7) is 4.06. The molecule has 0 bridgehead atoms. The van der Waals surface area contributed by atoms with Crippen LogP contribution in [0.3, 0.4) is 0 Å². The number of rotatable bonds is 6.